The van der Waals surface area contributed by atoms with Crippen LogP contribution in [0.1, 0.15) is 26.5 Å². The molecule has 0 saturated carbocycles. The molecule has 0 atom stereocenters. The minimum Gasteiger partial charge on any atom is -0.357 e. The molecule has 5 heteroatoms. The second kappa shape index (κ2) is 11.1. The van der Waals surface area contributed by atoms with E-state index in [9.17, 15) is 0 Å². The van der Waals surface area contributed by atoms with E-state index < -0.39 is 0 Å². The zero-order valence-corrected chi connectivity index (χ0v) is 13.6. The molecule has 1 rings (SSSR count). The van der Waals surface area contributed by atoms with Gasteiger partial charge in [0.2, 0.25) is 0 Å². The number of hydrogen-bond acceptors (Lipinski definition) is 3. The molecule has 1 aromatic rings. The zero-order chi connectivity index (χ0) is 15.3. The van der Waals surface area contributed by atoms with Crippen LogP contribution in [0, 0.1) is 0 Å². The molecule has 0 unspecified atom stereocenters. The normalized spacial score (nSPS) is 11.7. The second-order valence-corrected chi connectivity index (χ2v) is 4.79. The maximum atomic E-state index is 4.61. The summed E-state index contributed by atoms with van der Waals surface area (Å²) in [5.41, 5.74) is 1.10. The lowest BCUT2D eigenvalue weighted by Crippen LogP contribution is -2.39. The number of rotatable bonds is 9. The zero-order valence-electron chi connectivity index (χ0n) is 13.6. The molecule has 21 heavy (non-hydrogen) atoms. The van der Waals surface area contributed by atoms with E-state index in [0.717, 1.165) is 57.3 Å². The van der Waals surface area contributed by atoms with E-state index in [0.29, 0.717) is 0 Å². The molecule has 0 aliphatic heterocycles. The third kappa shape index (κ3) is 7.66. The van der Waals surface area contributed by atoms with Gasteiger partial charge in [0.05, 0.1) is 6.54 Å². The number of guanidine groups is 1. The highest BCUT2D eigenvalue weighted by molar-refractivity contribution is 5.79. The fraction of sp³-hybridized carbons (Fsp3) is 0.625. The number of aromatic nitrogens is 1. The third-order valence-electron chi connectivity index (χ3n) is 3.32. The molecule has 0 spiro atoms. The van der Waals surface area contributed by atoms with Gasteiger partial charge in [-0.1, -0.05) is 19.9 Å². The summed E-state index contributed by atoms with van der Waals surface area (Å²) < 4.78 is 0. The first-order chi connectivity index (χ1) is 10.3. The van der Waals surface area contributed by atoms with Crippen LogP contribution in [-0.2, 0) is 6.42 Å². The van der Waals surface area contributed by atoms with Gasteiger partial charge in [-0.2, -0.15) is 0 Å². The van der Waals surface area contributed by atoms with Crippen LogP contribution in [0.3, 0.4) is 0 Å². The summed E-state index contributed by atoms with van der Waals surface area (Å²) in [7, 11) is 0. The summed E-state index contributed by atoms with van der Waals surface area (Å²) in [6.45, 7) is 12.2. The van der Waals surface area contributed by atoms with Crippen molar-refractivity contribution in [2.24, 2.45) is 4.99 Å². The lowest BCUT2D eigenvalue weighted by molar-refractivity contribution is 0.313. The van der Waals surface area contributed by atoms with E-state index in [2.05, 4.69) is 46.3 Å². The molecule has 0 saturated heterocycles. The monoisotopic (exact) mass is 291 g/mol. The molecular weight excluding hydrogens is 262 g/mol. The van der Waals surface area contributed by atoms with Gasteiger partial charge in [-0.15, -0.1) is 0 Å². The molecule has 1 aromatic heterocycles. The molecule has 1 heterocycles. The molecule has 0 aliphatic rings. The summed E-state index contributed by atoms with van der Waals surface area (Å²) >= 11 is 0. The van der Waals surface area contributed by atoms with E-state index in [-0.39, 0.29) is 0 Å². The Hall–Kier alpha value is -1.62. The van der Waals surface area contributed by atoms with Crippen molar-refractivity contribution in [3.63, 3.8) is 0 Å². The largest absolute Gasteiger partial charge is 0.357 e. The van der Waals surface area contributed by atoms with Crippen molar-refractivity contribution in [2.45, 2.75) is 27.2 Å². The van der Waals surface area contributed by atoms with Crippen molar-refractivity contribution in [1.82, 2.24) is 20.5 Å². The van der Waals surface area contributed by atoms with Crippen LogP contribution in [0.4, 0.5) is 0 Å². The van der Waals surface area contributed by atoms with Gasteiger partial charge < -0.3 is 15.5 Å². The maximum Gasteiger partial charge on any atom is 0.191 e. The molecule has 0 bridgehead atoms. The van der Waals surface area contributed by atoms with Crippen LogP contribution in [0.25, 0.3) is 0 Å². The van der Waals surface area contributed by atoms with Crippen LogP contribution >= 0.6 is 0 Å². The third-order valence-corrected chi connectivity index (χ3v) is 3.32. The van der Waals surface area contributed by atoms with Crippen LogP contribution in [-0.4, -0.2) is 55.1 Å². The minimum absolute atomic E-state index is 0.820. The quantitative estimate of drug-likeness (QED) is 0.535. The average molecular weight is 291 g/mol. The van der Waals surface area contributed by atoms with Gasteiger partial charge in [0, 0.05) is 37.9 Å². The Labute approximate surface area is 128 Å². The SMILES string of the molecule is CCNC(=NCCN(CC)CC)NCCc1ccccn1. The lowest BCUT2D eigenvalue weighted by Gasteiger charge is -2.17. The van der Waals surface area contributed by atoms with Crippen molar-refractivity contribution in [2.75, 3.05) is 39.3 Å². The molecule has 5 nitrogen and oxygen atoms in total. The first-order valence-electron chi connectivity index (χ1n) is 7.94. The van der Waals surface area contributed by atoms with Gasteiger partial charge in [0.1, 0.15) is 0 Å². The van der Waals surface area contributed by atoms with Gasteiger partial charge in [-0.3, -0.25) is 9.98 Å². The fourth-order valence-corrected chi connectivity index (χ4v) is 2.04. The van der Waals surface area contributed by atoms with Gasteiger partial charge >= 0.3 is 0 Å². The molecule has 0 amide bonds. The van der Waals surface area contributed by atoms with Gasteiger partial charge in [0.25, 0.3) is 0 Å². The van der Waals surface area contributed by atoms with E-state index in [4.69, 9.17) is 0 Å². The van der Waals surface area contributed by atoms with E-state index in [1.807, 2.05) is 24.4 Å². The highest BCUT2D eigenvalue weighted by atomic mass is 15.2. The van der Waals surface area contributed by atoms with Gasteiger partial charge in [-0.25, -0.2) is 0 Å². The minimum atomic E-state index is 0.820. The summed E-state index contributed by atoms with van der Waals surface area (Å²) in [4.78, 5) is 11.3. The standard InChI is InChI=1S/C16H29N5/c1-4-17-16(20-13-14-21(5-2)6-3)19-12-10-15-9-7-8-11-18-15/h7-9,11H,4-6,10,12-14H2,1-3H3,(H2,17,19,20). The van der Waals surface area contributed by atoms with Crippen LogP contribution in [0.2, 0.25) is 0 Å². The van der Waals surface area contributed by atoms with Crippen LogP contribution in [0.5, 0.6) is 0 Å². The molecule has 0 fully saturated rings. The number of hydrogen-bond donors (Lipinski definition) is 2. The Morgan fingerprint density at radius 1 is 1.19 bits per heavy atom. The Kier molecular flexibility index (Phi) is 9.20. The average Bonchev–Trinajstić information content (AvgIpc) is 2.52. The summed E-state index contributed by atoms with van der Waals surface area (Å²) in [5, 5.41) is 6.64. The molecule has 0 aromatic carbocycles. The number of nitrogens with zero attached hydrogens (tertiary/aromatic N) is 3. The summed E-state index contributed by atoms with van der Waals surface area (Å²) in [6.07, 6.45) is 2.74. The number of likely N-dealkylation sites (N-methyl/N-ethyl adjacent to an activating group) is 1. The van der Waals surface area contributed by atoms with Gasteiger partial charge in [0.15, 0.2) is 5.96 Å². The Balaban J connectivity index is 2.34. The summed E-state index contributed by atoms with van der Waals surface area (Å²) in [5.74, 6) is 0.889. The Bertz CT molecular complexity index is 387. The number of aliphatic imine (C=N–C) groups is 1. The predicted molar refractivity (Wildman–Crippen MR) is 89.7 cm³/mol. The van der Waals surface area contributed by atoms with E-state index in [1.54, 1.807) is 0 Å². The highest BCUT2D eigenvalue weighted by Crippen LogP contribution is 1.93. The Morgan fingerprint density at radius 2 is 2.00 bits per heavy atom. The molecule has 2 N–H and O–H groups in total. The first-order valence-corrected chi connectivity index (χ1v) is 7.94. The summed E-state index contributed by atoms with van der Waals surface area (Å²) in [6, 6.07) is 6.01. The van der Waals surface area contributed by atoms with Crippen molar-refractivity contribution < 1.29 is 0 Å². The smallest absolute Gasteiger partial charge is 0.191 e. The lowest BCUT2D eigenvalue weighted by atomic mass is 10.3. The van der Waals surface area contributed by atoms with Crippen molar-refractivity contribution in [3.8, 4) is 0 Å². The second-order valence-electron chi connectivity index (χ2n) is 4.79. The van der Waals surface area contributed by atoms with Crippen molar-refractivity contribution >= 4 is 5.96 Å². The van der Waals surface area contributed by atoms with Crippen molar-refractivity contribution in [3.05, 3.63) is 30.1 Å². The molecule has 118 valence electrons. The predicted octanol–water partition coefficient (Wildman–Crippen LogP) is 1.52. The Morgan fingerprint density at radius 3 is 2.62 bits per heavy atom. The topological polar surface area (TPSA) is 52.6 Å². The highest BCUT2D eigenvalue weighted by Gasteiger charge is 2.00. The van der Waals surface area contributed by atoms with Gasteiger partial charge in [-0.05, 0) is 32.1 Å². The molecule has 0 radical (unpaired) electrons. The fourth-order valence-electron chi connectivity index (χ4n) is 2.04. The van der Waals surface area contributed by atoms with Crippen molar-refractivity contribution in [1.29, 1.82) is 0 Å². The molecular formula is C16H29N5. The number of nitrogens with one attached hydrogen (secondary N) is 2. The number of pyridine rings is 1. The first kappa shape index (κ1) is 17.4. The van der Waals surface area contributed by atoms with E-state index >= 15 is 0 Å². The van der Waals surface area contributed by atoms with Crippen LogP contribution < -0.4 is 10.6 Å². The van der Waals surface area contributed by atoms with E-state index in [1.165, 1.54) is 0 Å². The maximum absolute atomic E-state index is 4.61. The molecule has 0 aliphatic carbocycles. The van der Waals surface area contributed by atoms with Crippen LogP contribution in [0.15, 0.2) is 29.4 Å².